The summed E-state index contributed by atoms with van der Waals surface area (Å²) in [5, 5.41) is 0.877. The van der Waals surface area contributed by atoms with Crippen molar-refractivity contribution >= 4 is 10.9 Å². The number of nitrogens with zero attached hydrogens (tertiary/aromatic N) is 1. The highest BCUT2D eigenvalue weighted by molar-refractivity contribution is 5.79. The molecule has 1 N–H and O–H groups in total. The fraction of sp³-hybridized carbons (Fsp3) is 0.409. The Morgan fingerprint density at radius 3 is 2.41 bits per heavy atom. The number of rotatable bonds is 5. The van der Waals surface area contributed by atoms with Gasteiger partial charge < -0.3 is 4.98 Å². The summed E-state index contributed by atoms with van der Waals surface area (Å²) < 4.78 is 42.4. The van der Waals surface area contributed by atoms with Gasteiger partial charge in [0.2, 0.25) is 0 Å². The predicted molar refractivity (Wildman–Crippen MR) is 103 cm³/mol. The second-order valence-corrected chi connectivity index (χ2v) is 8.42. The van der Waals surface area contributed by atoms with Crippen LogP contribution in [0, 0.1) is 12.3 Å². The quantitative estimate of drug-likeness (QED) is 0.554. The number of halogens is 3. The maximum absolute atomic E-state index is 14.1. The lowest BCUT2D eigenvalue weighted by atomic mass is 9.68. The summed E-state index contributed by atoms with van der Waals surface area (Å²) >= 11 is 0. The molecule has 0 bridgehead atoms. The fourth-order valence-electron chi connectivity index (χ4n) is 3.95. The van der Waals surface area contributed by atoms with Gasteiger partial charge in [0.15, 0.2) is 0 Å². The van der Waals surface area contributed by atoms with E-state index in [0.717, 1.165) is 22.0 Å². The molecule has 0 spiro atoms. The molecule has 27 heavy (non-hydrogen) atoms. The Labute approximate surface area is 157 Å². The van der Waals surface area contributed by atoms with Gasteiger partial charge >= 0.3 is 6.18 Å². The summed E-state index contributed by atoms with van der Waals surface area (Å²) in [4.78, 5) is 7.12. The molecule has 2 heterocycles. The van der Waals surface area contributed by atoms with Crippen molar-refractivity contribution < 1.29 is 13.2 Å². The monoisotopic (exact) mass is 374 g/mol. The van der Waals surface area contributed by atoms with Gasteiger partial charge in [-0.2, -0.15) is 13.2 Å². The SMILES string of the molecule is Cc1cccc(C(C)(C)CC(C)(Cc2cc3ccncc3[nH]2)C(F)(F)F)c1. The van der Waals surface area contributed by atoms with Crippen LogP contribution < -0.4 is 0 Å². The number of H-pyrrole nitrogens is 1. The Hall–Kier alpha value is -2.30. The molecule has 2 nitrogen and oxygen atoms in total. The van der Waals surface area contributed by atoms with Gasteiger partial charge in [0, 0.05) is 23.7 Å². The van der Waals surface area contributed by atoms with Gasteiger partial charge in [-0.3, -0.25) is 4.98 Å². The Bertz CT molecular complexity index is 907. The number of fused-ring (bicyclic) bond motifs is 1. The molecule has 0 radical (unpaired) electrons. The number of aromatic nitrogens is 2. The first-order chi connectivity index (χ1) is 12.5. The van der Waals surface area contributed by atoms with E-state index in [1.54, 1.807) is 24.5 Å². The van der Waals surface area contributed by atoms with Crippen molar-refractivity contribution in [3.8, 4) is 0 Å². The molecule has 0 aliphatic rings. The van der Waals surface area contributed by atoms with Gasteiger partial charge in [0.05, 0.1) is 17.1 Å². The van der Waals surface area contributed by atoms with Gasteiger partial charge in [-0.25, -0.2) is 0 Å². The van der Waals surface area contributed by atoms with E-state index in [1.807, 2.05) is 45.0 Å². The summed E-state index contributed by atoms with van der Waals surface area (Å²) in [5.41, 5.74) is 0.863. The number of aryl methyl sites for hydroxylation is 1. The molecule has 1 aromatic carbocycles. The minimum Gasteiger partial charge on any atom is -0.357 e. The highest BCUT2D eigenvalue weighted by Crippen LogP contribution is 2.49. The summed E-state index contributed by atoms with van der Waals surface area (Å²) in [6.45, 7) is 7.07. The molecule has 3 rings (SSSR count). The van der Waals surface area contributed by atoms with Gasteiger partial charge in [0.25, 0.3) is 0 Å². The number of hydrogen-bond acceptors (Lipinski definition) is 1. The number of hydrogen-bond donors (Lipinski definition) is 1. The molecule has 0 aliphatic carbocycles. The molecule has 0 saturated carbocycles. The smallest absolute Gasteiger partial charge is 0.357 e. The summed E-state index contributed by atoms with van der Waals surface area (Å²) in [6.07, 6.45) is -1.13. The molecule has 0 amide bonds. The maximum Gasteiger partial charge on any atom is 0.394 e. The number of benzene rings is 1. The molecule has 0 aliphatic heterocycles. The zero-order chi connectivity index (χ0) is 19.9. The molecule has 0 fully saturated rings. The van der Waals surface area contributed by atoms with E-state index >= 15 is 0 Å². The molecule has 1 unspecified atom stereocenters. The van der Waals surface area contributed by atoms with Gasteiger partial charge in [-0.05, 0) is 36.5 Å². The topological polar surface area (TPSA) is 28.7 Å². The molecule has 2 aromatic heterocycles. The molecule has 144 valence electrons. The summed E-state index contributed by atoms with van der Waals surface area (Å²) in [6, 6.07) is 11.4. The van der Waals surface area contributed by atoms with Crippen LogP contribution in [0.2, 0.25) is 0 Å². The molecule has 5 heteroatoms. The normalized spacial score (nSPS) is 15.1. The van der Waals surface area contributed by atoms with Crippen molar-refractivity contribution in [3.05, 3.63) is 65.6 Å². The van der Waals surface area contributed by atoms with Gasteiger partial charge in [-0.1, -0.05) is 50.6 Å². The van der Waals surface area contributed by atoms with Crippen molar-refractivity contribution in [3.63, 3.8) is 0 Å². The van der Waals surface area contributed by atoms with Crippen LogP contribution in [0.1, 0.15) is 44.0 Å². The Morgan fingerprint density at radius 1 is 1.04 bits per heavy atom. The van der Waals surface area contributed by atoms with Crippen molar-refractivity contribution in [1.29, 1.82) is 0 Å². The first-order valence-corrected chi connectivity index (χ1v) is 9.06. The lowest BCUT2D eigenvalue weighted by Crippen LogP contribution is -2.42. The molecular formula is C22H25F3N2. The van der Waals surface area contributed by atoms with E-state index in [2.05, 4.69) is 9.97 Å². The highest BCUT2D eigenvalue weighted by atomic mass is 19.4. The third-order valence-corrected chi connectivity index (χ3v) is 5.38. The molecule has 0 saturated heterocycles. The molecule has 1 atom stereocenters. The Kier molecular flexibility index (Phi) is 4.83. The van der Waals surface area contributed by atoms with Crippen LogP contribution >= 0.6 is 0 Å². The zero-order valence-electron chi connectivity index (χ0n) is 16.1. The number of alkyl halides is 3. The minimum atomic E-state index is -4.32. The number of aromatic amines is 1. The van der Waals surface area contributed by atoms with Crippen LogP contribution in [0.25, 0.3) is 10.9 Å². The highest BCUT2D eigenvalue weighted by Gasteiger charge is 2.53. The number of pyridine rings is 1. The van der Waals surface area contributed by atoms with E-state index in [-0.39, 0.29) is 12.8 Å². The lowest BCUT2D eigenvalue weighted by Gasteiger charge is -2.39. The van der Waals surface area contributed by atoms with Crippen molar-refractivity contribution in [2.75, 3.05) is 0 Å². The fourth-order valence-corrected chi connectivity index (χ4v) is 3.95. The first kappa shape index (κ1) is 19.5. The van der Waals surface area contributed by atoms with Crippen molar-refractivity contribution in [2.45, 2.75) is 52.1 Å². The van der Waals surface area contributed by atoms with Crippen LogP contribution in [-0.4, -0.2) is 16.1 Å². The zero-order valence-corrected chi connectivity index (χ0v) is 16.1. The van der Waals surface area contributed by atoms with Crippen LogP contribution in [0.5, 0.6) is 0 Å². The van der Waals surface area contributed by atoms with Gasteiger partial charge in [-0.15, -0.1) is 0 Å². The van der Waals surface area contributed by atoms with E-state index < -0.39 is 17.0 Å². The summed E-state index contributed by atoms with van der Waals surface area (Å²) in [7, 11) is 0. The van der Waals surface area contributed by atoms with E-state index in [9.17, 15) is 13.2 Å². The number of nitrogens with one attached hydrogen (secondary N) is 1. The molecular weight excluding hydrogens is 349 g/mol. The van der Waals surface area contributed by atoms with Crippen LogP contribution in [0.4, 0.5) is 13.2 Å². The molecule has 3 aromatic rings. The van der Waals surface area contributed by atoms with Crippen molar-refractivity contribution in [2.24, 2.45) is 5.41 Å². The standard InChI is InChI=1S/C22H25F3N2/c1-15-6-5-7-17(10-15)20(2,3)14-21(4,22(23,24)25)12-18-11-16-8-9-26-13-19(16)27-18/h5-11,13,27H,12,14H2,1-4H3. The van der Waals surface area contributed by atoms with Crippen LogP contribution in [0.15, 0.2) is 48.8 Å². The second-order valence-electron chi connectivity index (χ2n) is 8.42. The van der Waals surface area contributed by atoms with E-state index in [0.29, 0.717) is 5.69 Å². The van der Waals surface area contributed by atoms with Crippen LogP contribution in [-0.2, 0) is 11.8 Å². The third kappa shape index (κ3) is 4.02. The van der Waals surface area contributed by atoms with Crippen LogP contribution in [0.3, 0.4) is 0 Å². The summed E-state index contributed by atoms with van der Waals surface area (Å²) in [5.74, 6) is 0. The van der Waals surface area contributed by atoms with E-state index in [4.69, 9.17) is 0 Å². The Morgan fingerprint density at radius 2 is 1.78 bits per heavy atom. The average Bonchev–Trinajstić information content (AvgIpc) is 2.95. The largest absolute Gasteiger partial charge is 0.394 e. The first-order valence-electron chi connectivity index (χ1n) is 9.06. The third-order valence-electron chi connectivity index (χ3n) is 5.38. The maximum atomic E-state index is 14.1. The average molecular weight is 374 g/mol. The second kappa shape index (κ2) is 6.70. The minimum absolute atomic E-state index is 0.000564. The van der Waals surface area contributed by atoms with E-state index in [1.165, 1.54) is 6.92 Å². The lowest BCUT2D eigenvalue weighted by molar-refractivity contribution is -0.224. The van der Waals surface area contributed by atoms with Gasteiger partial charge in [0.1, 0.15) is 0 Å². The Balaban J connectivity index is 1.94. The van der Waals surface area contributed by atoms with Crippen molar-refractivity contribution in [1.82, 2.24) is 9.97 Å². The predicted octanol–water partition coefficient (Wildman–Crippen LogP) is 6.35.